The number of piperidine rings is 1. The van der Waals surface area contributed by atoms with E-state index >= 15 is 0 Å². The molecule has 0 amide bonds. The summed E-state index contributed by atoms with van der Waals surface area (Å²) in [7, 11) is 2.05. The van der Waals surface area contributed by atoms with Crippen molar-refractivity contribution in [1.82, 2.24) is 10.2 Å². The standard InChI is InChI=1S/C17H28N2/c1-15-6-3-7-17(12-15)14-19-11-5-9-16(13-19)8-4-10-18-2/h3,6-7,12,16,18H,4-5,8-11,13-14H2,1-2H3. The molecule has 1 fully saturated rings. The lowest BCUT2D eigenvalue weighted by Gasteiger charge is -2.33. The van der Waals surface area contributed by atoms with Gasteiger partial charge in [-0.05, 0) is 64.2 Å². The van der Waals surface area contributed by atoms with Gasteiger partial charge in [0.1, 0.15) is 0 Å². The molecule has 0 spiro atoms. The molecule has 1 atom stereocenters. The lowest BCUT2D eigenvalue weighted by atomic mass is 9.93. The normalized spacial score (nSPS) is 20.6. The van der Waals surface area contributed by atoms with E-state index in [1.807, 2.05) is 7.05 Å². The average molecular weight is 260 g/mol. The van der Waals surface area contributed by atoms with Gasteiger partial charge in [-0.25, -0.2) is 0 Å². The maximum absolute atomic E-state index is 3.25. The molecule has 1 aromatic rings. The summed E-state index contributed by atoms with van der Waals surface area (Å²) in [5.74, 6) is 0.909. The third-order valence-corrected chi connectivity index (χ3v) is 4.13. The molecule has 2 rings (SSSR count). The summed E-state index contributed by atoms with van der Waals surface area (Å²) in [5.41, 5.74) is 2.84. The Morgan fingerprint density at radius 3 is 3.05 bits per heavy atom. The highest BCUT2D eigenvalue weighted by Gasteiger charge is 2.19. The van der Waals surface area contributed by atoms with Crippen molar-refractivity contribution in [2.75, 3.05) is 26.7 Å². The molecular formula is C17H28N2. The van der Waals surface area contributed by atoms with Crippen LogP contribution in [0.25, 0.3) is 0 Å². The first-order valence-corrected chi connectivity index (χ1v) is 7.70. The highest BCUT2D eigenvalue weighted by atomic mass is 15.1. The molecule has 1 aliphatic heterocycles. The molecule has 0 bridgehead atoms. The second kappa shape index (κ2) is 7.66. The first-order valence-electron chi connectivity index (χ1n) is 7.70. The summed E-state index contributed by atoms with van der Waals surface area (Å²) in [6.07, 6.45) is 5.49. The smallest absolute Gasteiger partial charge is 0.0233 e. The maximum Gasteiger partial charge on any atom is 0.0233 e. The van der Waals surface area contributed by atoms with Crippen LogP contribution >= 0.6 is 0 Å². The monoisotopic (exact) mass is 260 g/mol. The van der Waals surface area contributed by atoms with Gasteiger partial charge in [-0.2, -0.15) is 0 Å². The van der Waals surface area contributed by atoms with Crippen LogP contribution < -0.4 is 5.32 Å². The van der Waals surface area contributed by atoms with Crippen LogP contribution in [0, 0.1) is 12.8 Å². The third-order valence-electron chi connectivity index (χ3n) is 4.13. The summed E-state index contributed by atoms with van der Waals surface area (Å²) < 4.78 is 0. The summed E-state index contributed by atoms with van der Waals surface area (Å²) in [5, 5.41) is 3.25. The summed E-state index contributed by atoms with van der Waals surface area (Å²) in [4.78, 5) is 2.64. The van der Waals surface area contributed by atoms with Gasteiger partial charge in [0.15, 0.2) is 0 Å². The largest absolute Gasteiger partial charge is 0.320 e. The van der Waals surface area contributed by atoms with E-state index in [1.165, 1.54) is 49.9 Å². The summed E-state index contributed by atoms with van der Waals surface area (Å²) in [6, 6.07) is 8.95. The van der Waals surface area contributed by atoms with E-state index in [1.54, 1.807) is 0 Å². The number of rotatable bonds is 6. The minimum Gasteiger partial charge on any atom is -0.320 e. The Kier molecular flexibility index (Phi) is 5.87. The average Bonchev–Trinajstić information content (AvgIpc) is 2.39. The van der Waals surface area contributed by atoms with E-state index in [0.717, 1.165) is 19.0 Å². The van der Waals surface area contributed by atoms with Crippen molar-refractivity contribution in [3.05, 3.63) is 35.4 Å². The van der Waals surface area contributed by atoms with Crippen molar-refractivity contribution in [3.63, 3.8) is 0 Å². The topological polar surface area (TPSA) is 15.3 Å². The molecule has 2 nitrogen and oxygen atoms in total. The maximum atomic E-state index is 3.25. The van der Waals surface area contributed by atoms with Crippen LogP contribution in [0.4, 0.5) is 0 Å². The van der Waals surface area contributed by atoms with Gasteiger partial charge >= 0.3 is 0 Å². The Labute approximate surface area is 118 Å². The number of nitrogens with zero attached hydrogens (tertiary/aromatic N) is 1. The number of benzene rings is 1. The number of nitrogens with one attached hydrogen (secondary N) is 1. The lowest BCUT2D eigenvalue weighted by molar-refractivity contribution is 0.160. The molecule has 1 saturated heterocycles. The highest BCUT2D eigenvalue weighted by Crippen LogP contribution is 2.22. The van der Waals surface area contributed by atoms with Gasteiger partial charge in [0.05, 0.1) is 0 Å². The number of hydrogen-bond acceptors (Lipinski definition) is 2. The molecule has 19 heavy (non-hydrogen) atoms. The zero-order valence-corrected chi connectivity index (χ0v) is 12.5. The van der Waals surface area contributed by atoms with Crippen molar-refractivity contribution in [1.29, 1.82) is 0 Å². The zero-order chi connectivity index (χ0) is 13.5. The SMILES string of the molecule is CNCCCC1CCCN(Cc2cccc(C)c2)C1. The Morgan fingerprint density at radius 2 is 2.26 bits per heavy atom. The quantitative estimate of drug-likeness (QED) is 0.790. The van der Waals surface area contributed by atoms with Gasteiger partial charge < -0.3 is 5.32 Å². The molecule has 0 radical (unpaired) electrons. The van der Waals surface area contributed by atoms with E-state index < -0.39 is 0 Å². The lowest BCUT2D eigenvalue weighted by Crippen LogP contribution is -2.35. The Morgan fingerprint density at radius 1 is 1.37 bits per heavy atom. The Bertz CT molecular complexity index is 375. The zero-order valence-electron chi connectivity index (χ0n) is 12.5. The number of likely N-dealkylation sites (tertiary alicyclic amines) is 1. The molecule has 1 heterocycles. The van der Waals surface area contributed by atoms with Crippen LogP contribution in [0.5, 0.6) is 0 Å². The van der Waals surface area contributed by atoms with Crippen molar-refractivity contribution in [2.45, 2.75) is 39.2 Å². The van der Waals surface area contributed by atoms with Crippen LogP contribution in [0.3, 0.4) is 0 Å². The third kappa shape index (κ3) is 4.96. The van der Waals surface area contributed by atoms with Gasteiger partial charge in [0.2, 0.25) is 0 Å². The first kappa shape index (κ1) is 14.5. The molecule has 1 N–H and O–H groups in total. The fraction of sp³-hybridized carbons (Fsp3) is 0.647. The van der Waals surface area contributed by atoms with Gasteiger partial charge in [0, 0.05) is 13.1 Å². The molecule has 106 valence electrons. The minimum atomic E-state index is 0.909. The van der Waals surface area contributed by atoms with Gasteiger partial charge in [-0.3, -0.25) is 4.90 Å². The molecule has 1 aromatic carbocycles. The summed E-state index contributed by atoms with van der Waals surface area (Å²) >= 11 is 0. The van der Waals surface area contributed by atoms with Gasteiger partial charge in [-0.15, -0.1) is 0 Å². The molecule has 1 unspecified atom stereocenters. The molecule has 0 aliphatic carbocycles. The highest BCUT2D eigenvalue weighted by molar-refractivity contribution is 5.22. The molecule has 1 aliphatic rings. The molecule has 0 saturated carbocycles. The van der Waals surface area contributed by atoms with Crippen molar-refractivity contribution in [3.8, 4) is 0 Å². The summed E-state index contributed by atoms with van der Waals surface area (Å²) in [6.45, 7) is 7.03. The van der Waals surface area contributed by atoms with E-state index in [4.69, 9.17) is 0 Å². The van der Waals surface area contributed by atoms with Crippen LogP contribution in [0.1, 0.15) is 36.8 Å². The predicted molar refractivity (Wildman–Crippen MR) is 82.3 cm³/mol. The van der Waals surface area contributed by atoms with Crippen LogP contribution in [0.2, 0.25) is 0 Å². The van der Waals surface area contributed by atoms with Crippen molar-refractivity contribution < 1.29 is 0 Å². The van der Waals surface area contributed by atoms with Gasteiger partial charge in [0.25, 0.3) is 0 Å². The number of hydrogen-bond donors (Lipinski definition) is 1. The van der Waals surface area contributed by atoms with E-state index in [2.05, 4.69) is 41.4 Å². The first-order chi connectivity index (χ1) is 9.28. The number of aryl methyl sites for hydroxylation is 1. The van der Waals surface area contributed by atoms with E-state index in [9.17, 15) is 0 Å². The van der Waals surface area contributed by atoms with Crippen LogP contribution in [-0.4, -0.2) is 31.6 Å². The predicted octanol–water partition coefficient (Wildman–Crippen LogP) is 3.21. The van der Waals surface area contributed by atoms with E-state index in [-0.39, 0.29) is 0 Å². The van der Waals surface area contributed by atoms with Gasteiger partial charge in [-0.1, -0.05) is 29.8 Å². The van der Waals surface area contributed by atoms with Crippen LogP contribution in [-0.2, 0) is 6.54 Å². The minimum absolute atomic E-state index is 0.909. The Balaban J connectivity index is 1.80. The van der Waals surface area contributed by atoms with E-state index in [0.29, 0.717) is 0 Å². The second-order valence-corrected chi connectivity index (χ2v) is 5.98. The second-order valence-electron chi connectivity index (χ2n) is 5.98. The van der Waals surface area contributed by atoms with Crippen molar-refractivity contribution in [2.24, 2.45) is 5.92 Å². The van der Waals surface area contributed by atoms with Crippen LogP contribution in [0.15, 0.2) is 24.3 Å². The van der Waals surface area contributed by atoms with Crippen molar-refractivity contribution >= 4 is 0 Å². The fourth-order valence-electron chi connectivity index (χ4n) is 3.17. The fourth-order valence-corrected chi connectivity index (χ4v) is 3.17. The Hall–Kier alpha value is -0.860. The molecule has 2 heteroatoms. The molecular weight excluding hydrogens is 232 g/mol. The molecule has 0 aromatic heterocycles.